The maximum Gasteiger partial charge on any atom is 0.0824 e. The fourth-order valence-electron chi connectivity index (χ4n) is 1.15. The van der Waals surface area contributed by atoms with Gasteiger partial charge in [0.1, 0.15) is 0 Å². The van der Waals surface area contributed by atoms with Crippen LogP contribution in [0.4, 0.5) is 0 Å². The summed E-state index contributed by atoms with van der Waals surface area (Å²) in [6, 6.07) is 0. The predicted octanol–water partition coefficient (Wildman–Crippen LogP) is 0.138. The molecule has 48 valence electrons. The fraction of sp³-hybridized carbons (Fsp3) is 1.00. The van der Waals surface area contributed by atoms with Gasteiger partial charge in [-0.1, -0.05) is 6.92 Å². The van der Waals surface area contributed by atoms with Gasteiger partial charge in [0, 0.05) is 0 Å². The summed E-state index contributed by atoms with van der Waals surface area (Å²) in [6.45, 7) is 1.96. The monoisotopic (exact) mass is 116 g/mol. The maximum absolute atomic E-state index is 9.02. The van der Waals surface area contributed by atoms with E-state index in [0.717, 1.165) is 12.8 Å². The van der Waals surface area contributed by atoms with Gasteiger partial charge in [-0.2, -0.15) is 0 Å². The lowest BCUT2D eigenvalue weighted by Crippen LogP contribution is -2.22. The highest BCUT2D eigenvalue weighted by molar-refractivity contribution is 4.80. The first-order chi connectivity index (χ1) is 3.72. The molecule has 0 spiro atoms. The molecule has 0 radical (unpaired) electrons. The van der Waals surface area contributed by atoms with Crippen molar-refractivity contribution in [2.24, 2.45) is 5.92 Å². The minimum absolute atomic E-state index is 0.296. The van der Waals surface area contributed by atoms with E-state index in [4.69, 9.17) is 10.2 Å². The van der Waals surface area contributed by atoms with Gasteiger partial charge in [0.25, 0.3) is 0 Å². The Kier molecular flexibility index (Phi) is 1.54. The summed E-state index contributed by atoms with van der Waals surface area (Å²) in [7, 11) is 0. The van der Waals surface area contributed by atoms with Crippen molar-refractivity contribution in [2.75, 3.05) is 0 Å². The van der Waals surface area contributed by atoms with Crippen LogP contribution in [0.3, 0.4) is 0 Å². The first-order valence-electron chi connectivity index (χ1n) is 3.08. The molecule has 0 saturated heterocycles. The van der Waals surface area contributed by atoms with Crippen LogP contribution in [0.1, 0.15) is 19.8 Å². The molecule has 1 fully saturated rings. The number of rotatable bonds is 0. The average Bonchev–Trinajstić information content (AvgIpc) is 1.98. The van der Waals surface area contributed by atoms with Crippen LogP contribution in [0.25, 0.3) is 0 Å². The van der Waals surface area contributed by atoms with E-state index in [0.29, 0.717) is 5.92 Å². The highest BCUT2D eigenvalue weighted by atomic mass is 16.3. The first-order valence-corrected chi connectivity index (χ1v) is 3.08. The molecule has 1 aliphatic carbocycles. The SMILES string of the molecule is CC1CC[C@@H](O)[C@H]1O. The van der Waals surface area contributed by atoms with Gasteiger partial charge in [0.2, 0.25) is 0 Å². The normalized spacial score (nSPS) is 47.6. The van der Waals surface area contributed by atoms with Crippen LogP contribution in [0.2, 0.25) is 0 Å². The molecule has 0 aromatic heterocycles. The van der Waals surface area contributed by atoms with Gasteiger partial charge in [0.05, 0.1) is 12.2 Å². The lowest BCUT2D eigenvalue weighted by molar-refractivity contribution is 0.0245. The standard InChI is InChI=1S/C6H12O2/c1-4-2-3-5(7)6(4)8/h4-8H,2-3H2,1H3/t4?,5-,6+/m1/s1. The molecule has 1 saturated carbocycles. The number of hydrogen-bond acceptors (Lipinski definition) is 2. The zero-order valence-electron chi connectivity index (χ0n) is 5.04. The Morgan fingerprint density at radius 3 is 2.00 bits per heavy atom. The number of aliphatic hydroxyl groups is 2. The Hall–Kier alpha value is -0.0800. The third kappa shape index (κ3) is 0.858. The van der Waals surface area contributed by atoms with Crippen molar-refractivity contribution in [3.63, 3.8) is 0 Å². The molecular formula is C6H12O2. The van der Waals surface area contributed by atoms with Gasteiger partial charge in [-0.15, -0.1) is 0 Å². The average molecular weight is 116 g/mol. The van der Waals surface area contributed by atoms with Crippen LogP contribution in [-0.4, -0.2) is 22.4 Å². The molecule has 1 rings (SSSR count). The van der Waals surface area contributed by atoms with Crippen LogP contribution in [0.15, 0.2) is 0 Å². The van der Waals surface area contributed by atoms with Gasteiger partial charge < -0.3 is 10.2 Å². The summed E-state index contributed by atoms with van der Waals surface area (Å²) >= 11 is 0. The minimum Gasteiger partial charge on any atom is -0.390 e. The first kappa shape index (κ1) is 6.05. The van der Waals surface area contributed by atoms with Crippen LogP contribution >= 0.6 is 0 Å². The molecule has 0 aliphatic heterocycles. The summed E-state index contributed by atoms with van der Waals surface area (Å²) in [4.78, 5) is 0. The molecule has 3 atom stereocenters. The lowest BCUT2D eigenvalue weighted by atomic mass is 10.1. The van der Waals surface area contributed by atoms with Gasteiger partial charge >= 0.3 is 0 Å². The minimum atomic E-state index is -0.463. The van der Waals surface area contributed by atoms with E-state index < -0.39 is 12.2 Å². The predicted molar refractivity (Wildman–Crippen MR) is 30.4 cm³/mol. The van der Waals surface area contributed by atoms with Crippen molar-refractivity contribution in [2.45, 2.75) is 32.0 Å². The van der Waals surface area contributed by atoms with Crippen molar-refractivity contribution in [3.05, 3.63) is 0 Å². The van der Waals surface area contributed by atoms with E-state index in [2.05, 4.69) is 0 Å². The molecule has 2 heteroatoms. The van der Waals surface area contributed by atoms with E-state index in [9.17, 15) is 0 Å². The second-order valence-electron chi connectivity index (χ2n) is 2.61. The smallest absolute Gasteiger partial charge is 0.0824 e. The zero-order valence-corrected chi connectivity index (χ0v) is 5.04. The van der Waals surface area contributed by atoms with Gasteiger partial charge in [-0.3, -0.25) is 0 Å². The Morgan fingerprint density at radius 1 is 1.25 bits per heavy atom. The molecule has 2 nitrogen and oxygen atoms in total. The number of aliphatic hydroxyl groups excluding tert-OH is 2. The summed E-state index contributed by atoms with van der Waals surface area (Å²) in [5.41, 5.74) is 0. The van der Waals surface area contributed by atoms with Gasteiger partial charge in [-0.25, -0.2) is 0 Å². The van der Waals surface area contributed by atoms with E-state index in [1.807, 2.05) is 6.92 Å². The molecule has 1 aliphatic rings. The Balaban J connectivity index is 2.44. The topological polar surface area (TPSA) is 40.5 Å². The fourth-order valence-corrected chi connectivity index (χ4v) is 1.15. The van der Waals surface area contributed by atoms with Crippen molar-refractivity contribution in [3.8, 4) is 0 Å². The third-order valence-corrected chi connectivity index (χ3v) is 1.90. The summed E-state index contributed by atoms with van der Waals surface area (Å²) < 4.78 is 0. The molecule has 2 N–H and O–H groups in total. The van der Waals surface area contributed by atoms with Gasteiger partial charge in [-0.05, 0) is 18.8 Å². The Morgan fingerprint density at radius 2 is 1.88 bits per heavy atom. The Labute approximate surface area is 49.1 Å². The molecular weight excluding hydrogens is 104 g/mol. The summed E-state index contributed by atoms with van der Waals surface area (Å²) in [6.07, 6.45) is 0.810. The zero-order chi connectivity index (χ0) is 6.15. The van der Waals surface area contributed by atoms with Crippen molar-refractivity contribution >= 4 is 0 Å². The molecule has 1 unspecified atom stereocenters. The molecule has 0 amide bonds. The highest BCUT2D eigenvalue weighted by Crippen LogP contribution is 2.24. The lowest BCUT2D eigenvalue weighted by Gasteiger charge is -2.09. The second-order valence-corrected chi connectivity index (χ2v) is 2.61. The molecule has 0 aromatic carbocycles. The molecule has 0 aromatic rings. The maximum atomic E-state index is 9.02. The third-order valence-electron chi connectivity index (χ3n) is 1.90. The van der Waals surface area contributed by atoms with E-state index >= 15 is 0 Å². The molecule has 8 heavy (non-hydrogen) atoms. The van der Waals surface area contributed by atoms with Crippen LogP contribution < -0.4 is 0 Å². The largest absolute Gasteiger partial charge is 0.390 e. The molecule has 0 bridgehead atoms. The van der Waals surface area contributed by atoms with Crippen LogP contribution in [-0.2, 0) is 0 Å². The highest BCUT2D eigenvalue weighted by Gasteiger charge is 2.29. The summed E-state index contributed by atoms with van der Waals surface area (Å²) in [5, 5.41) is 17.9. The van der Waals surface area contributed by atoms with E-state index in [1.54, 1.807) is 0 Å². The second kappa shape index (κ2) is 2.03. The van der Waals surface area contributed by atoms with Crippen LogP contribution in [0.5, 0.6) is 0 Å². The van der Waals surface area contributed by atoms with E-state index in [-0.39, 0.29) is 0 Å². The number of hydrogen-bond donors (Lipinski definition) is 2. The van der Waals surface area contributed by atoms with Crippen molar-refractivity contribution in [1.29, 1.82) is 0 Å². The van der Waals surface area contributed by atoms with Gasteiger partial charge in [0.15, 0.2) is 0 Å². The Bertz CT molecular complexity index is 72.6. The van der Waals surface area contributed by atoms with E-state index in [1.165, 1.54) is 0 Å². The van der Waals surface area contributed by atoms with Crippen LogP contribution in [0, 0.1) is 5.92 Å². The van der Waals surface area contributed by atoms with Crippen molar-refractivity contribution in [1.82, 2.24) is 0 Å². The quantitative estimate of drug-likeness (QED) is 0.472. The molecule has 0 heterocycles. The summed E-state index contributed by atoms with van der Waals surface area (Å²) in [5.74, 6) is 0.296. The van der Waals surface area contributed by atoms with Crippen molar-refractivity contribution < 1.29 is 10.2 Å².